The van der Waals surface area contributed by atoms with Gasteiger partial charge >= 0.3 is 6.18 Å². The van der Waals surface area contributed by atoms with Crippen LogP contribution in [-0.4, -0.2) is 25.1 Å². The molecule has 1 atom stereocenters. The fourth-order valence-electron chi connectivity index (χ4n) is 1.63. The summed E-state index contributed by atoms with van der Waals surface area (Å²) < 4.78 is 52.9. The molecule has 0 spiro atoms. The van der Waals surface area contributed by atoms with E-state index in [-0.39, 0.29) is 0 Å². The lowest BCUT2D eigenvalue weighted by molar-refractivity contribution is -0.137. The molecule has 0 fully saturated rings. The molecule has 0 N–H and O–H groups in total. The first-order chi connectivity index (χ1) is 11.1. The van der Waals surface area contributed by atoms with Crippen molar-refractivity contribution in [2.45, 2.75) is 31.7 Å². The molecule has 2 aromatic rings. The highest BCUT2D eigenvalue weighted by atomic mass is 32.2. The van der Waals surface area contributed by atoms with E-state index in [9.17, 15) is 17.4 Å². The number of hydrogen-bond donors (Lipinski definition) is 0. The Morgan fingerprint density at radius 3 is 2.04 bits per heavy atom. The number of rotatable bonds is 3. The normalized spacial score (nSPS) is 14.1. The van der Waals surface area contributed by atoms with Crippen LogP contribution in [0.1, 0.15) is 31.9 Å². The predicted octanol–water partition coefficient (Wildman–Crippen LogP) is 4.04. The smallest absolute Gasteiger partial charge is 0.236 e. The van der Waals surface area contributed by atoms with Gasteiger partial charge in [-0.25, -0.2) is 14.2 Å². The van der Waals surface area contributed by atoms with Crippen LogP contribution >= 0.6 is 0 Å². The average molecular weight is 355 g/mol. The quantitative estimate of drug-likeness (QED) is 0.781. The van der Waals surface area contributed by atoms with Crippen LogP contribution < -0.4 is 0 Å². The second-order valence-corrected chi connectivity index (χ2v) is 7.95. The fourth-order valence-corrected chi connectivity index (χ4v) is 2.16. The zero-order valence-electron chi connectivity index (χ0n) is 13.3. The number of nitrogens with zero attached hydrogens (tertiary/aromatic N) is 3. The van der Waals surface area contributed by atoms with Crippen LogP contribution in [0.3, 0.4) is 0 Å². The van der Waals surface area contributed by atoms with E-state index in [4.69, 9.17) is 0 Å². The van der Waals surface area contributed by atoms with E-state index < -0.39 is 27.5 Å². The Bertz CT molecular complexity index is 748. The molecule has 0 aliphatic rings. The van der Waals surface area contributed by atoms with Crippen LogP contribution in [0.25, 0.3) is 11.4 Å². The van der Waals surface area contributed by atoms with E-state index in [1.165, 1.54) is 30.7 Å². The lowest BCUT2D eigenvalue weighted by Gasteiger charge is -2.12. The van der Waals surface area contributed by atoms with Gasteiger partial charge in [-0.3, -0.25) is 0 Å². The summed E-state index contributed by atoms with van der Waals surface area (Å²) in [4.78, 5) is 8.20. The number of hydrogen-bond acceptors (Lipinski definition) is 3. The molecular formula is C16H16F3N3OS. The molecule has 2 rings (SSSR count). The second kappa shape index (κ2) is 6.80. The van der Waals surface area contributed by atoms with Gasteiger partial charge in [-0.1, -0.05) is 12.1 Å². The zero-order chi connectivity index (χ0) is 18.0. The molecule has 1 unspecified atom stereocenters. The van der Waals surface area contributed by atoms with E-state index in [1.807, 2.05) is 20.8 Å². The molecule has 0 saturated carbocycles. The second-order valence-electron chi connectivity index (χ2n) is 6.01. The largest absolute Gasteiger partial charge is 0.416 e. The Labute approximate surface area is 140 Å². The molecule has 0 aliphatic heterocycles. The Balaban J connectivity index is 2.15. The molecule has 0 radical (unpaired) electrons. The van der Waals surface area contributed by atoms with Gasteiger partial charge in [-0.05, 0) is 32.9 Å². The number of halogens is 3. The van der Waals surface area contributed by atoms with Gasteiger partial charge in [0.25, 0.3) is 0 Å². The van der Waals surface area contributed by atoms with Gasteiger partial charge in [0.1, 0.15) is 11.0 Å². The van der Waals surface area contributed by atoms with Crippen molar-refractivity contribution in [2.75, 3.05) is 0 Å². The molecule has 1 aromatic carbocycles. The zero-order valence-corrected chi connectivity index (χ0v) is 14.1. The first kappa shape index (κ1) is 18.3. The van der Waals surface area contributed by atoms with Crippen molar-refractivity contribution < 1.29 is 17.4 Å². The minimum absolute atomic E-state index is 0.304. The van der Waals surface area contributed by atoms with E-state index in [0.29, 0.717) is 17.0 Å². The molecule has 0 amide bonds. The lowest BCUT2D eigenvalue weighted by atomic mass is 10.1. The Kier molecular flexibility index (Phi) is 5.17. The van der Waals surface area contributed by atoms with Gasteiger partial charge in [0.05, 0.1) is 10.3 Å². The van der Waals surface area contributed by atoms with E-state index in [2.05, 4.69) is 14.4 Å². The van der Waals surface area contributed by atoms with Crippen LogP contribution in [0, 0.1) is 0 Å². The highest BCUT2D eigenvalue weighted by Crippen LogP contribution is 2.30. The summed E-state index contributed by atoms with van der Waals surface area (Å²) in [6.07, 6.45) is -0.00691. The lowest BCUT2D eigenvalue weighted by Crippen LogP contribution is -2.19. The van der Waals surface area contributed by atoms with Crippen molar-refractivity contribution in [2.24, 2.45) is 4.40 Å². The van der Waals surface area contributed by atoms with Crippen molar-refractivity contribution in [1.29, 1.82) is 0 Å². The maximum absolute atomic E-state index is 12.5. The number of aromatic nitrogens is 2. The third-order valence-corrected chi connectivity index (χ3v) is 4.31. The summed E-state index contributed by atoms with van der Waals surface area (Å²) in [5.41, 5.74) is 0.313. The molecule has 0 saturated heterocycles. The summed E-state index contributed by atoms with van der Waals surface area (Å²) in [6, 6.07) is 4.61. The Hall–Kier alpha value is -2.09. The summed E-state index contributed by atoms with van der Waals surface area (Å²) in [6.45, 7) is 5.43. The van der Waals surface area contributed by atoms with Crippen LogP contribution in [0.15, 0.2) is 41.1 Å². The number of benzene rings is 1. The van der Waals surface area contributed by atoms with Crippen LogP contribution in [-0.2, 0) is 17.2 Å². The first-order valence-corrected chi connectivity index (χ1v) is 8.14. The summed E-state index contributed by atoms with van der Waals surface area (Å²) >= 11 is 0. The fraction of sp³-hybridized carbons (Fsp3) is 0.312. The van der Waals surface area contributed by atoms with Gasteiger partial charge in [0, 0.05) is 29.7 Å². The van der Waals surface area contributed by atoms with Crippen molar-refractivity contribution in [3.05, 3.63) is 47.8 Å². The first-order valence-electron chi connectivity index (χ1n) is 7.03. The van der Waals surface area contributed by atoms with Crippen molar-refractivity contribution in [1.82, 2.24) is 9.97 Å². The van der Waals surface area contributed by atoms with Crippen LogP contribution in [0.4, 0.5) is 13.2 Å². The van der Waals surface area contributed by atoms with Crippen LogP contribution in [0.2, 0.25) is 0 Å². The molecule has 128 valence electrons. The third kappa shape index (κ3) is 4.70. The van der Waals surface area contributed by atoms with E-state index in [0.717, 1.165) is 12.1 Å². The minimum atomic E-state index is -4.37. The van der Waals surface area contributed by atoms with Crippen molar-refractivity contribution in [3.63, 3.8) is 0 Å². The van der Waals surface area contributed by atoms with Crippen molar-refractivity contribution in [3.8, 4) is 11.4 Å². The minimum Gasteiger partial charge on any atom is -0.236 e. The van der Waals surface area contributed by atoms with E-state index in [1.54, 1.807) is 0 Å². The standard InChI is InChI=1S/C16H16F3N3OS/c1-15(2,3)24(23)22-10-11-8-20-14(21-9-11)12-4-6-13(7-5-12)16(17,18)19/h4-10H,1-3H3. The molecule has 1 aromatic heterocycles. The van der Waals surface area contributed by atoms with Crippen molar-refractivity contribution >= 4 is 17.2 Å². The summed E-state index contributed by atoms with van der Waals surface area (Å²) in [5, 5.41) is 0. The summed E-state index contributed by atoms with van der Waals surface area (Å²) in [7, 11) is -1.38. The predicted molar refractivity (Wildman–Crippen MR) is 88.0 cm³/mol. The maximum Gasteiger partial charge on any atom is 0.416 e. The summed E-state index contributed by atoms with van der Waals surface area (Å²) in [5.74, 6) is 0.304. The van der Waals surface area contributed by atoms with Gasteiger partial charge in [-0.15, -0.1) is 0 Å². The average Bonchev–Trinajstić information content (AvgIpc) is 2.51. The topological polar surface area (TPSA) is 55.2 Å². The SMILES string of the molecule is CC(C)(C)S(=O)N=Cc1cnc(-c2ccc(C(F)(F)F)cc2)nc1. The maximum atomic E-state index is 12.5. The Morgan fingerprint density at radius 1 is 1.04 bits per heavy atom. The van der Waals surface area contributed by atoms with Gasteiger partial charge in [-0.2, -0.15) is 17.6 Å². The van der Waals surface area contributed by atoms with Crippen LogP contribution in [0.5, 0.6) is 0 Å². The van der Waals surface area contributed by atoms with Gasteiger partial charge in [0.2, 0.25) is 0 Å². The molecule has 1 heterocycles. The molecule has 4 nitrogen and oxygen atoms in total. The molecule has 0 aliphatic carbocycles. The third-order valence-electron chi connectivity index (χ3n) is 2.96. The van der Waals surface area contributed by atoms with E-state index >= 15 is 0 Å². The highest BCUT2D eigenvalue weighted by molar-refractivity contribution is 7.85. The van der Waals surface area contributed by atoms with Gasteiger partial charge in [0.15, 0.2) is 5.82 Å². The highest BCUT2D eigenvalue weighted by Gasteiger charge is 2.30. The number of alkyl halides is 3. The van der Waals surface area contributed by atoms with Gasteiger partial charge < -0.3 is 0 Å². The molecule has 8 heteroatoms. The molecular weight excluding hydrogens is 339 g/mol. The molecule has 0 bridgehead atoms. The monoisotopic (exact) mass is 355 g/mol. The Morgan fingerprint density at radius 2 is 1.58 bits per heavy atom. The molecule has 24 heavy (non-hydrogen) atoms.